The van der Waals surface area contributed by atoms with Gasteiger partial charge in [-0.3, -0.25) is 19.3 Å². The standard InChI is InChI=1S/C32H34F3N7O7/c1-41(2)18-9-17(40-11-14-5-7-15(8-6-14)49-32(33,34)35)22(43)19-16(18)10-29(38)12-31(39)25(42(3)4)24(45)20(28(37)48)26(46)30(31,13-36)27(47)21(29)23(19)44/h5-9,25,40,43-44,46H,10-12,38-39H2,1-4H3,(H2,37,48)/t25-,29-,30+,31-/m1/s1. The molecule has 0 bridgehead atoms. The molecule has 3 aliphatic rings. The Labute approximate surface area is 277 Å². The predicted octanol–water partition coefficient (Wildman–Crippen LogP) is 1.48. The third kappa shape index (κ3) is 5.10. The highest BCUT2D eigenvalue weighted by atomic mass is 19.4. The van der Waals surface area contributed by atoms with Crippen molar-refractivity contribution in [3.05, 3.63) is 63.9 Å². The van der Waals surface area contributed by atoms with E-state index < -0.39 is 87.0 Å². The van der Waals surface area contributed by atoms with Crippen LogP contribution in [0, 0.1) is 16.7 Å². The number of alkyl halides is 3. The molecule has 17 heteroatoms. The predicted molar refractivity (Wildman–Crippen MR) is 169 cm³/mol. The Morgan fingerprint density at radius 1 is 1.12 bits per heavy atom. The van der Waals surface area contributed by atoms with Crippen LogP contribution in [0.25, 0.3) is 5.76 Å². The number of amides is 1. The number of nitrogens with zero attached hydrogens (tertiary/aromatic N) is 3. The normalized spacial score (nSPS) is 26.5. The number of primary amides is 1. The number of nitrogens with two attached hydrogens (primary N) is 3. The number of ether oxygens (including phenoxy) is 1. The molecule has 0 unspecified atom stereocenters. The number of nitrogens with one attached hydrogen (secondary N) is 1. The van der Waals surface area contributed by atoms with Gasteiger partial charge in [0.05, 0.1) is 40.0 Å². The van der Waals surface area contributed by atoms with Gasteiger partial charge in [-0.2, -0.15) is 5.26 Å². The average Bonchev–Trinajstić information content (AvgIpc) is 2.95. The molecule has 10 N–H and O–H groups in total. The van der Waals surface area contributed by atoms with Crippen LogP contribution >= 0.6 is 0 Å². The van der Waals surface area contributed by atoms with Crippen LogP contribution in [-0.2, 0) is 27.3 Å². The number of ketones is 2. The van der Waals surface area contributed by atoms with Crippen LogP contribution < -0.4 is 32.2 Å². The SMILES string of the molecule is CN(C)c1cc(NCc2ccc(OC(F)(F)F)cc2)c(O)c2c1C[C@@]1(N)C[C@@]3(N)[C@H](N(C)C)C(=O)C(C(N)=O)=C(O)[C@@]3(C#N)C(=O)C1=C2O. The molecule has 0 radical (unpaired) electrons. The van der Waals surface area contributed by atoms with Crippen molar-refractivity contribution in [3.8, 4) is 17.6 Å². The zero-order valence-corrected chi connectivity index (χ0v) is 26.8. The summed E-state index contributed by atoms with van der Waals surface area (Å²) in [5, 5.41) is 48.3. The van der Waals surface area contributed by atoms with E-state index in [0.29, 0.717) is 11.3 Å². The fourth-order valence-corrected chi connectivity index (χ4v) is 7.42. The summed E-state index contributed by atoms with van der Waals surface area (Å²) in [5.41, 5.74) is 11.8. The van der Waals surface area contributed by atoms with E-state index in [9.17, 15) is 48.1 Å². The number of hydrogen-bond acceptors (Lipinski definition) is 13. The maximum absolute atomic E-state index is 14.6. The monoisotopic (exact) mass is 685 g/mol. The van der Waals surface area contributed by atoms with Crippen LogP contribution in [0.5, 0.6) is 11.5 Å². The second kappa shape index (κ2) is 11.4. The molecule has 1 saturated carbocycles. The van der Waals surface area contributed by atoms with E-state index in [-0.39, 0.29) is 29.8 Å². The van der Waals surface area contributed by atoms with Gasteiger partial charge in [-0.1, -0.05) is 12.1 Å². The Morgan fingerprint density at radius 3 is 2.24 bits per heavy atom. The first-order valence-corrected chi connectivity index (χ1v) is 14.7. The van der Waals surface area contributed by atoms with Crippen molar-refractivity contribution in [3.63, 3.8) is 0 Å². The van der Waals surface area contributed by atoms with Crippen molar-refractivity contribution in [1.29, 1.82) is 5.26 Å². The minimum absolute atomic E-state index is 0.00957. The number of phenols is 1. The number of aliphatic hydroxyl groups is 2. The van der Waals surface area contributed by atoms with Gasteiger partial charge in [-0.25, -0.2) is 0 Å². The van der Waals surface area contributed by atoms with Gasteiger partial charge < -0.3 is 47.5 Å². The summed E-state index contributed by atoms with van der Waals surface area (Å²) in [6.45, 7) is -0.00957. The maximum atomic E-state index is 14.6. The highest BCUT2D eigenvalue weighted by Gasteiger charge is 2.74. The minimum atomic E-state index is -4.87. The number of likely N-dealkylation sites (N-methyl/N-ethyl adjacent to an activating group) is 1. The van der Waals surface area contributed by atoms with Crippen molar-refractivity contribution in [2.75, 3.05) is 38.4 Å². The molecule has 0 spiro atoms. The number of hydrogen-bond donors (Lipinski definition) is 7. The summed E-state index contributed by atoms with van der Waals surface area (Å²) in [6.07, 6.45) is -5.63. The third-order valence-electron chi connectivity index (χ3n) is 9.35. The van der Waals surface area contributed by atoms with Gasteiger partial charge in [0.1, 0.15) is 28.6 Å². The average molecular weight is 686 g/mol. The number of carbonyl (C=O) groups is 3. The van der Waals surface area contributed by atoms with Crippen molar-refractivity contribution < 1.29 is 47.6 Å². The fraction of sp³-hybridized carbons (Fsp3) is 0.375. The lowest BCUT2D eigenvalue weighted by Crippen LogP contribution is -2.80. The fourth-order valence-electron chi connectivity index (χ4n) is 7.42. The van der Waals surface area contributed by atoms with Gasteiger partial charge in [0, 0.05) is 26.3 Å². The number of aliphatic hydroxyl groups excluding tert-OH is 2. The molecule has 2 aromatic rings. The minimum Gasteiger partial charge on any atom is -0.509 e. The Morgan fingerprint density at radius 2 is 1.73 bits per heavy atom. The highest BCUT2D eigenvalue weighted by molar-refractivity contribution is 6.25. The number of halogens is 3. The number of rotatable bonds is 7. The van der Waals surface area contributed by atoms with Gasteiger partial charge in [0.15, 0.2) is 17.0 Å². The molecule has 49 heavy (non-hydrogen) atoms. The Bertz CT molecular complexity index is 1900. The number of Topliss-reactive ketones (excluding diaryl/α,β-unsaturated/α-hetero) is 2. The molecular formula is C32H34F3N7O7. The van der Waals surface area contributed by atoms with E-state index in [1.807, 2.05) is 0 Å². The number of fused-ring (bicyclic) bond motifs is 3. The van der Waals surface area contributed by atoms with Crippen LogP contribution in [0.15, 0.2) is 47.2 Å². The molecule has 260 valence electrons. The molecule has 1 amide bonds. The lowest BCUT2D eigenvalue weighted by atomic mass is 9.47. The molecule has 0 aromatic heterocycles. The molecule has 0 aliphatic heterocycles. The molecule has 14 nitrogen and oxygen atoms in total. The smallest absolute Gasteiger partial charge is 0.509 e. The van der Waals surface area contributed by atoms with Crippen molar-refractivity contribution in [2.45, 2.75) is 42.9 Å². The van der Waals surface area contributed by atoms with Crippen LogP contribution in [0.1, 0.15) is 23.1 Å². The van der Waals surface area contributed by atoms with E-state index in [4.69, 9.17) is 17.2 Å². The molecule has 2 aromatic carbocycles. The lowest BCUT2D eigenvalue weighted by molar-refractivity contribution is -0.274. The number of phenolic OH excluding ortho intramolecular Hbond substituents is 1. The second-order valence-electron chi connectivity index (χ2n) is 12.9. The highest BCUT2D eigenvalue weighted by Crippen LogP contribution is 2.59. The summed E-state index contributed by atoms with van der Waals surface area (Å²) >= 11 is 0. The van der Waals surface area contributed by atoms with Gasteiger partial charge in [0.2, 0.25) is 0 Å². The first-order chi connectivity index (χ1) is 22.6. The van der Waals surface area contributed by atoms with E-state index in [1.54, 1.807) is 31.1 Å². The van der Waals surface area contributed by atoms with Crippen molar-refractivity contribution in [2.24, 2.45) is 22.6 Å². The summed E-state index contributed by atoms with van der Waals surface area (Å²) in [5.74, 6) is -6.74. The van der Waals surface area contributed by atoms with Crippen LogP contribution in [-0.4, -0.2) is 89.4 Å². The van der Waals surface area contributed by atoms with Crippen LogP contribution in [0.2, 0.25) is 0 Å². The van der Waals surface area contributed by atoms with Crippen LogP contribution in [0.4, 0.5) is 24.5 Å². The second-order valence-corrected chi connectivity index (χ2v) is 12.9. The molecule has 3 aliphatic carbocycles. The van der Waals surface area contributed by atoms with Gasteiger partial charge in [-0.15, -0.1) is 13.2 Å². The maximum Gasteiger partial charge on any atom is 0.573 e. The summed E-state index contributed by atoms with van der Waals surface area (Å²) in [6, 6.07) is 6.70. The zero-order chi connectivity index (χ0) is 36.6. The molecule has 0 saturated heterocycles. The number of benzene rings is 2. The molecule has 1 fully saturated rings. The van der Waals surface area contributed by atoms with Crippen LogP contribution in [0.3, 0.4) is 0 Å². The summed E-state index contributed by atoms with van der Waals surface area (Å²) in [7, 11) is 6.19. The Balaban J connectivity index is 1.67. The Hall–Kier alpha value is -5.31. The topological polar surface area (TPSA) is 241 Å². The lowest BCUT2D eigenvalue weighted by Gasteiger charge is -2.58. The molecule has 4 atom stereocenters. The number of anilines is 2. The zero-order valence-electron chi connectivity index (χ0n) is 26.8. The number of aromatic hydroxyl groups is 1. The van der Waals surface area contributed by atoms with E-state index in [1.165, 1.54) is 31.1 Å². The summed E-state index contributed by atoms with van der Waals surface area (Å²) < 4.78 is 41.6. The van der Waals surface area contributed by atoms with E-state index in [0.717, 1.165) is 12.1 Å². The quantitative estimate of drug-likeness (QED) is 0.162. The molecule has 0 heterocycles. The largest absolute Gasteiger partial charge is 0.573 e. The third-order valence-corrected chi connectivity index (χ3v) is 9.35. The molecule has 5 rings (SSSR count). The van der Waals surface area contributed by atoms with Gasteiger partial charge in [0.25, 0.3) is 5.91 Å². The van der Waals surface area contributed by atoms with E-state index >= 15 is 0 Å². The summed E-state index contributed by atoms with van der Waals surface area (Å²) in [4.78, 5) is 43.5. The van der Waals surface area contributed by atoms with E-state index in [2.05, 4.69) is 10.1 Å². The van der Waals surface area contributed by atoms with Gasteiger partial charge >= 0.3 is 6.36 Å². The van der Waals surface area contributed by atoms with Gasteiger partial charge in [-0.05, 0) is 56.3 Å². The first kappa shape index (κ1) is 35.0. The molecular weight excluding hydrogens is 651 g/mol. The Kier molecular flexibility index (Phi) is 8.14. The first-order valence-electron chi connectivity index (χ1n) is 14.7. The number of nitriles is 1. The van der Waals surface area contributed by atoms with Crippen molar-refractivity contribution >= 4 is 34.6 Å². The number of carbonyl (C=O) groups excluding carboxylic acids is 3. The van der Waals surface area contributed by atoms with Crippen molar-refractivity contribution in [1.82, 2.24) is 4.90 Å².